The monoisotopic (exact) mass is 431 g/mol. The number of hydrogen-bond donors (Lipinski definition) is 1. The van der Waals surface area contributed by atoms with Crippen molar-refractivity contribution >= 4 is 28.9 Å². The molecule has 3 aromatic rings. The minimum Gasteiger partial charge on any atom is -0.588 e. The Balaban J connectivity index is 1.57. The Morgan fingerprint density at radius 3 is 2.68 bits per heavy atom. The van der Waals surface area contributed by atoms with Crippen molar-refractivity contribution in [3.05, 3.63) is 99.7 Å². The fraction of sp³-hybridized carbons (Fsp3) is 0.0800. The van der Waals surface area contributed by atoms with E-state index in [0.717, 1.165) is 11.3 Å². The molecule has 0 saturated heterocycles. The van der Waals surface area contributed by atoms with Gasteiger partial charge in [-0.2, -0.15) is 0 Å². The van der Waals surface area contributed by atoms with Gasteiger partial charge < -0.3 is 9.29 Å². The van der Waals surface area contributed by atoms with Gasteiger partial charge in [0.15, 0.2) is 0 Å². The standard InChI is InChI=1S/C25H18FNO3S/c1-30-21-11-8-17(9-12-21)4-2-5-18-10-13-23-22(15-18)25(28)24(31(29)27-23)16-19-6-3-7-20(26)14-19/h3,6-16,27H,4H2,1H3/b24-16-. The number of halogens is 1. The zero-order chi connectivity index (χ0) is 21.8. The Morgan fingerprint density at radius 1 is 1.13 bits per heavy atom. The number of rotatable bonds is 3. The number of allylic oxidation sites excluding steroid dienone is 1. The summed E-state index contributed by atoms with van der Waals surface area (Å²) in [5.41, 5.74) is 3.08. The van der Waals surface area contributed by atoms with E-state index in [1.807, 2.05) is 24.3 Å². The Labute approximate surface area is 183 Å². The summed E-state index contributed by atoms with van der Waals surface area (Å²) < 4.78 is 33.9. The van der Waals surface area contributed by atoms with E-state index in [0.29, 0.717) is 28.8 Å². The summed E-state index contributed by atoms with van der Waals surface area (Å²) in [5, 5.41) is 0. The van der Waals surface area contributed by atoms with Crippen LogP contribution in [-0.4, -0.2) is 17.4 Å². The van der Waals surface area contributed by atoms with Crippen molar-refractivity contribution in [3.63, 3.8) is 0 Å². The molecule has 0 saturated carbocycles. The van der Waals surface area contributed by atoms with Gasteiger partial charge in [0, 0.05) is 18.1 Å². The number of benzene rings is 3. The third-order valence-electron chi connectivity index (χ3n) is 4.72. The number of carbonyl (C=O) groups is 1. The van der Waals surface area contributed by atoms with Crippen LogP contribution < -0.4 is 9.46 Å². The maximum absolute atomic E-state index is 13.5. The second kappa shape index (κ2) is 9.09. The molecular formula is C25H18FNO3S. The molecule has 0 spiro atoms. The second-order valence-electron chi connectivity index (χ2n) is 6.85. The van der Waals surface area contributed by atoms with E-state index in [1.54, 1.807) is 31.4 Å². The van der Waals surface area contributed by atoms with Crippen LogP contribution in [0.1, 0.15) is 27.0 Å². The molecule has 6 heteroatoms. The number of carbonyl (C=O) groups excluding carboxylic acids is 1. The molecule has 1 unspecified atom stereocenters. The third-order valence-corrected chi connectivity index (χ3v) is 5.83. The number of hydrogen-bond acceptors (Lipinski definition) is 4. The Morgan fingerprint density at radius 2 is 1.94 bits per heavy atom. The van der Waals surface area contributed by atoms with E-state index in [2.05, 4.69) is 16.6 Å². The van der Waals surface area contributed by atoms with Crippen LogP contribution in [0.25, 0.3) is 6.08 Å². The first-order chi connectivity index (χ1) is 15.0. The fourth-order valence-corrected chi connectivity index (χ4v) is 4.14. The number of nitrogens with one attached hydrogen (secondary N) is 1. The van der Waals surface area contributed by atoms with Crippen molar-refractivity contribution in [1.29, 1.82) is 0 Å². The summed E-state index contributed by atoms with van der Waals surface area (Å²) >= 11 is -1.72. The maximum Gasteiger partial charge on any atom is 0.245 e. The predicted octanol–water partition coefficient (Wildman–Crippen LogP) is 4.74. The first-order valence-corrected chi connectivity index (χ1v) is 10.6. The molecular weight excluding hydrogens is 413 g/mol. The summed E-state index contributed by atoms with van der Waals surface area (Å²) in [7, 11) is 1.62. The van der Waals surface area contributed by atoms with Gasteiger partial charge in [0.25, 0.3) is 0 Å². The molecule has 1 aliphatic heterocycles. The number of ketones is 1. The number of methoxy groups -OCH3 is 1. The number of ether oxygens (including phenoxy) is 1. The average molecular weight is 431 g/mol. The third kappa shape index (κ3) is 4.80. The zero-order valence-electron chi connectivity index (χ0n) is 16.6. The summed E-state index contributed by atoms with van der Waals surface area (Å²) in [4.78, 5) is 13.0. The van der Waals surface area contributed by atoms with Gasteiger partial charge in [-0.3, -0.25) is 4.79 Å². The fourth-order valence-electron chi connectivity index (χ4n) is 3.13. The molecule has 0 aromatic heterocycles. The molecule has 1 atom stereocenters. The Kier molecular flexibility index (Phi) is 6.08. The molecule has 0 aliphatic carbocycles. The van der Waals surface area contributed by atoms with Crippen molar-refractivity contribution in [2.45, 2.75) is 6.42 Å². The maximum atomic E-state index is 13.5. The molecule has 1 N–H and O–H groups in total. The summed E-state index contributed by atoms with van der Waals surface area (Å²) in [6, 6.07) is 18.6. The van der Waals surface area contributed by atoms with Crippen molar-refractivity contribution in [3.8, 4) is 17.6 Å². The van der Waals surface area contributed by atoms with Gasteiger partial charge in [-0.15, -0.1) is 0 Å². The SMILES string of the molecule is COc1ccc(CC#Cc2ccc3c(c2)C(=O)/C(=C/c2cccc(F)c2)[S+]([O-])N3)cc1. The Hall–Kier alpha value is -3.53. The van der Waals surface area contributed by atoms with E-state index in [1.165, 1.54) is 24.3 Å². The van der Waals surface area contributed by atoms with E-state index in [9.17, 15) is 13.7 Å². The van der Waals surface area contributed by atoms with Crippen LogP contribution in [0.5, 0.6) is 5.75 Å². The molecule has 31 heavy (non-hydrogen) atoms. The van der Waals surface area contributed by atoms with Crippen molar-refractivity contribution in [2.75, 3.05) is 11.8 Å². The van der Waals surface area contributed by atoms with Gasteiger partial charge in [0.1, 0.15) is 22.9 Å². The summed E-state index contributed by atoms with van der Waals surface area (Å²) in [6.07, 6.45) is 2.00. The Bertz CT molecular complexity index is 1230. The highest BCUT2D eigenvalue weighted by molar-refractivity contribution is 7.97. The average Bonchev–Trinajstić information content (AvgIpc) is 2.77. The molecule has 0 radical (unpaired) electrons. The van der Waals surface area contributed by atoms with Crippen LogP contribution in [-0.2, 0) is 17.8 Å². The minimum absolute atomic E-state index is 0.0708. The van der Waals surface area contributed by atoms with Gasteiger partial charge >= 0.3 is 0 Å². The molecule has 0 fully saturated rings. The lowest BCUT2D eigenvalue weighted by Gasteiger charge is -2.21. The molecule has 0 bridgehead atoms. The lowest BCUT2D eigenvalue weighted by atomic mass is 10.0. The molecule has 3 aromatic carbocycles. The van der Waals surface area contributed by atoms with Crippen LogP contribution in [0.15, 0.2) is 71.6 Å². The van der Waals surface area contributed by atoms with Crippen LogP contribution >= 0.6 is 0 Å². The molecule has 4 nitrogen and oxygen atoms in total. The molecule has 1 heterocycles. The van der Waals surface area contributed by atoms with Crippen LogP contribution in [0.4, 0.5) is 10.1 Å². The normalized spacial score (nSPS) is 16.2. The van der Waals surface area contributed by atoms with E-state index in [4.69, 9.17) is 4.74 Å². The largest absolute Gasteiger partial charge is 0.588 e. The lowest BCUT2D eigenvalue weighted by molar-refractivity contribution is 0.104. The molecule has 1 aliphatic rings. The topological polar surface area (TPSA) is 61.4 Å². The highest BCUT2D eigenvalue weighted by Crippen LogP contribution is 2.31. The molecule has 154 valence electrons. The molecule has 4 rings (SSSR count). The van der Waals surface area contributed by atoms with Gasteiger partial charge in [-0.25, -0.2) is 9.11 Å². The van der Waals surface area contributed by atoms with Crippen molar-refractivity contribution < 1.29 is 18.5 Å². The van der Waals surface area contributed by atoms with Gasteiger partial charge in [-0.1, -0.05) is 36.1 Å². The van der Waals surface area contributed by atoms with Crippen molar-refractivity contribution in [2.24, 2.45) is 0 Å². The second-order valence-corrected chi connectivity index (χ2v) is 8.03. The zero-order valence-corrected chi connectivity index (χ0v) is 17.5. The smallest absolute Gasteiger partial charge is 0.245 e. The van der Waals surface area contributed by atoms with Crippen LogP contribution in [0, 0.1) is 17.7 Å². The lowest BCUT2D eigenvalue weighted by Crippen LogP contribution is -2.27. The highest BCUT2D eigenvalue weighted by atomic mass is 32.2. The number of Topliss-reactive ketones (excluding diaryl/α,β-unsaturated/α-hetero) is 1. The van der Waals surface area contributed by atoms with Crippen LogP contribution in [0.2, 0.25) is 0 Å². The number of fused-ring (bicyclic) bond motifs is 1. The van der Waals surface area contributed by atoms with Gasteiger partial charge in [0.2, 0.25) is 10.7 Å². The van der Waals surface area contributed by atoms with E-state index < -0.39 is 17.2 Å². The van der Waals surface area contributed by atoms with Crippen LogP contribution in [0.3, 0.4) is 0 Å². The summed E-state index contributed by atoms with van der Waals surface area (Å²) in [5.74, 6) is 6.17. The highest BCUT2D eigenvalue weighted by Gasteiger charge is 2.33. The number of anilines is 1. The van der Waals surface area contributed by atoms with Crippen molar-refractivity contribution in [1.82, 2.24) is 0 Å². The minimum atomic E-state index is -1.72. The summed E-state index contributed by atoms with van der Waals surface area (Å²) in [6.45, 7) is 0. The predicted molar refractivity (Wildman–Crippen MR) is 120 cm³/mol. The quantitative estimate of drug-likeness (QED) is 0.370. The first kappa shape index (κ1) is 20.7. The van der Waals surface area contributed by atoms with Gasteiger partial charge in [0.05, 0.1) is 18.4 Å². The van der Waals surface area contributed by atoms with Gasteiger partial charge in [-0.05, 0) is 53.6 Å². The van der Waals surface area contributed by atoms with E-state index in [-0.39, 0.29) is 10.7 Å². The first-order valence-electron chi connectivity index (χ1n) is 9.50. The van der Waals surface area contributed by atoms with E-state index >= 15 is 0 Å². The molecule has 0 amide bonds.